The highest BCUT2D eigenvalue weighted by molar-refractivity contribution is 5.30. The van der Waals surface area contributed by atoms with Crippen LogP contribution < -0.4 is 4.74 Å². The van der Waals surface area contributed by atoms with Crippen molar-refractivity contribution in [3.8, 4) is 5.75 Å². The van der Waals surface area contributed by atoms with Crippen LogP contribution in [-0.2, 0) is 0 Å². The van der Waals surface area contributed by atoms with Crippen molar-refractivity contribution in [3.63, 3.8) is 0 Å². The molecule has 2 aromatic rings. The summed E-state index contributed by atoms with van der Waals surface area (Å²) in [5.41, 5.74) is 0.591. The van der Waals surface area contributed by atoms with Gasteiger partial charge >= 0.3 is 6.18 Å². The largest absolute Gasteiger partial charge is 0.497 e. The highest BCUT2D eigenvalue weighted by Gasteiger charge is 2.41. The fraction of sp³-hybridized carbons (Fsp3) is 0.294. The molecule has 0 aliphatic rings. The topological polar surface area (TPSA) is 29.5 Å². The van der Waals surface area contributed by atoms with Gasteiger partial charge in [-0.05, 0) is 29.7 Å². The third-order valence-corrected chi connectivity index (χ3v) is 3.56. The normalized spacial score (nSPS) is 14.4. The smallest absolute Gasteiger partial charge is 0.395 e. The molecule has 22 heavy (non-hydrogen) atoms. The second kappa shape index (κ2) is 6.83. The SMILES string of the molecule is COc1ccc(C(CC(O)c2ccccc2)C(F)(F)F)cc1. The molecule has 0 amide bonds. The van der Waals surface area contributed by atoms with Crippen LogP contribution in [0.4, 0.5) is 13.2 Å². The van der Waals surface area contributed by atoms with Crippen molar-refractivity contribution in [3.05, 3.63) is 65.7 Å². The lowest BCUT2D eigenvalue weighted by atomic mass is 9.90. The molecule has 5 heteroatoms. The van der Waals surface area contributed by atoms with Crippen molar-refractivity contribution in [2.24, 2.45) is 0 Å². The summed E-state index contributed by atoms with van der Waals surface area (Å²) in [5.74, 6) is -1.23. The first kappa shape index (κ1) is 16.4. The van der Waals surface area contributed by atoms with Crippen molar-refractivity contribution < 1.29 is 23.0 Å². The van der Waals surface area contributed by atoms with Gasteiger partial charge in [0.2, 0.25) is 0 Å². The molecule has 0 radical (unpaired) electrons. The standard InChI is InChI=1S/C17H17F3O2/c1-22-14-9-7-12(8-10-14)15(17(18,19)20)11-16(21)13-5-3-2-4-6-13/h2-10,15-16,21H,11H2,1H3. The van der Waals surface area contributed by atoms with E-state index in [0.717, 1.165) is 0 Å². The van der Waals surface area contributed by atoms with Crippen molar-refractivity contribution in [2.45, 2.75) is 24.6 Å². The maximum Gasteiger partial charge on any atom is 0.395 e. The van der Waals surface area contributed by atoms with E-state index in [1.54, 1.807) is 30.3 Å². The first-order chi connectivity index (χ1) is 10.4. The first-order valence-corrected chi connectivity index (χ1v) is 6.85. The van der Waals surface area contributed by atoms with E-state index in [1.165, 1.54) is 31.4 Å². The second-order valence-electron chi connectivity index (χ2n) is 5.03. The van der Waals surface area contributed by atoms with Crippen LogP contribution in [0, 0.1) is 0 Å². The van der Waals surface area contributed by atoms with Crippen molar-refractivity contribution in [1.82, 2.24) is 0 Å². The van der Waals surface area contributed by atoms with Crippen molar-refractivity contribution in [1.29, 1.82) is 0 Å². The van der Waals surface area contributed by atoms with E-state index < -0.39 is 24.6 Å². The number of hydrogen-bond donors (Lipinski definition) is 1. The lowest BCUT2D eigenvalue weighted by molar-refractivity contribution is -0.157. The van der Waals surface area contributed by atoms with E-state index in [4.69, 9.17) is 4.74 Å². The summed E-state index contributed by atoms with van der Waals surface area (Å²) < 4.78 is 44.9. The average Bonchev–Trinajstić information content (AvgIpc) is 2.52. The molecule has 0 aromatic heterocycles. The summed E-state index contributed by atoms with van der Waals surface area (Å²) in [6.07, 6.45) is -6.01. The van der Waals surface area contributed by atoms with Gasteiger partial charge in [0, 0.05) is 0 Å². The summed E-state index contributed by atoms with van der Waals surface area (Å²) >= 11 is 0. The molecule has 0 fully saturated rings. The molecule has 2 rings (SSSR count). The van der Waals surface area contributed by atoms with Crippen molar-refractivity contribution >= 4 is 0 Å². The minimum Gasteiger partial charge on any atom is -0.497 e. The Morgan fingerprint density at radius 3 is 2.05 bits per heavy atom. The van der Waals surface area contributed by atoms with Gasteiger partial charge in [0.15, 0.2) is 0 Å². The Morgan fingerprint density at radius 1 is 0.955 bits per heavy atom. The minimum atomic E-state index is -4.43. The lowest BCUT2D eigenvalue weighted by Crippen LogP contribution is -2.23. The van der Waals surface area contributed by atoms with Crippen LogP contribution >= 0.6 is 0 Å². The van der Waals surface area contributed by atoms with E-state index in [0.29, 0.717) is 11.3 Å². The summed E-state index contributed by atoms with van der Waals surface area (Å²) in [6.45, 7) is 0. The van der Waals surface area contributed by atoms with Gasteiger partial charge in [-0.15, -0.1) is 0 Å². The Bertz CT molecular complexity index is 579. The molecular formula is C17H17F3O2. The minimum absolute atomic E-state index is 0.114. The van der Waals surface area contributed by atoms with E-state index >= 15 is 0 Å². The Hall–Kier alpha value is -2.01. The van der Waals surface area contributed by atoms with Crippen LogP contribution in [0.25, 0.3) is 0 Å². The van der Waals surface area contributed by atoms with E-state index in [-0.39, 0.29) is 5.56 Å². The summed E-state index contributed by atoms with van der Waals surface area (Å²) in [7, 11) is 1.45. The number of rotatable bonds is 5. The number of alkyl halides is 3. The number of aliphatic hydroxyl groups excluding tert-OH is 1. The van der Waals surface area contributed by atoms with Gasteiger partial charge in [0.25, 0.3) is 0 Å². The first-order valence-electron chi connectivity index (χ1n) is 6.85. The number of methoxy groups -OCH3 is 1. The lowest BCUT2D eigenvalue weighted by Gasteiger charge is -2.23. The Kier molecular flexibility index (Phi) is 5.08. The highest BCUT2D eigenvalue weighted by atomic mass is 19.4. The van der Waals surface area contributed by atoms with Crippen LogP contribution in [0.2, 0.25) is 0 Å². The molecule has 118 valence electrons. The number of halogens is 3. The predicted octanol–water partition coefficient (Wildman–Crippen LogP) is 4.46. The molecule has 0 saturated heterocycles. The zero-order valence-corrected chi connectivity index (χ0v) is 12.0. The summed E-state index contributed by atoms with van der Waals surface area (Å²) in [4.78, 5) is 0. The fourth-order valence-corrected chi connectivity index (χ4v) is 2.33. The van der Waals surface area contributed by atoms with Crippen LogP contribution in [0.5, 0.6) is 5.75 Å². The van der Waals surface area contributed by atoms with E-state index in [1.807, 2.05) is 0 Å². The maximum absolute atomic E-state index is 13.3. The Labute approximate surface area is 127 Å². The van der Waals surface area contributed by atoms with Crippen molar-refractivity contribution in [2.75, 3.05) is 7.11 Å². The zero-order valence-electron chi connectivity index (χ0n) is 12.0. The molecule has 2 atom stereocenters. The average molecular weight is 310 g/mol. The molecule has 0 heterocycles. The van der Waals surface area contributed by atoms with Gasteiger partial charge in [0.05, 0.1) is 19.1 Å². The Morgan fingerprint density at radius 2 is 1.55 bits per heavy atom. The summed E-state index contributed by atoms with van der Waals surface area (Å²) in [5, 5.41) is 10.1. The highest BCUT2D eigenvalue weighted by Crippen LogP contribution is 2.41. The molecule has 1 N–H and O–H groups in total. The van der Waals surface area contributed by atoms with Crippen LogP contribution in [0.1, 0.15) is 29.6 Å². The zero-order chi connectivity index (χ0) is 16.2. The number of benzene rings is 2. The third kappa shape index (κ3) is 4.01. The summed E-state index contributed by atoms with van der Waals surface area (Å²) in [6, 6.07) is 14.1. The number of ether oxygens (including phenoxy) is 1. The van der Waals surface area contributed by atoms with E-state index in [9.17, 15) is 18.3 Å². The molecule has 0 aliphatic carbocycles. The van der Waals surface area contributed by atoms with Gasteiger partial charge in [-0.25, -0.2) is 0 Å². The van der Waals surface area contributed by atoms with Gasteiger partial charge in [-0.1, -0.05) is 42.5 Å². The molecule has 0 bridgehead atoms. The second-order valence-corrected chi connectivity index (χ2v) is 5.03. The van der Waals surface area contributed by atoms with Gasteiger partial charge in [0.1, 0.15) is 5.75 Å². The number of aliphatic hydroxyl groups is 1. The predicted molar refractivity (Wildman–Crippen MR) is 77.8 cm³/mol. The maximum atomic E-state index is 13.3. The van der Waals surface area contributed by atoms with Gasteiger partial charge < -0.3 is 9.84 Å². The van der Waals surface area contributed by atoms with Gasteiger partial charge in [-0.2, -0.15) is 13.2 Å². The van der Waals surface area contributed by atoms with Crippen LogP contribution in [0.3, 0.4) is 0 Å². The molecule has 0 aliphatic heterocycles. The van der Waals surface area contributed by atoms with E-state index in [2.05, 4.69) is 0 Å². The molecule has 2 aromatic carbocycles. The van der Waals surface area contributed by atoms with Crippen LogP contribution in [0.15, 0.2) is 54.6 Å². The molecule has 2 nitrogen and oxygen atoms in total. The molecule has 0 spiro atoms. The Balaban J connectivity index is 2.23. The quantitative estimate of drug-likeness (QED) is 0.883. The monoisotopic (exact) mass is 310 g/mol. The molecule has 2 unspecified atom stereocenters. The fourth-order valence-electron chi connectivity index (χ4n) is 2.33. The number of hydrogen-bond acceptors (Lipinski definition) is 2. The third-order valence-electron chi connectivity index (χ3n) is 3.56. The molecular weight excluding hydrogens is 293 g/mol. The molecule has 0 saturated carbocycles. The van der Waals surface area contributed by atoms with Crippen LogP contribution in [-0.4, -0.2) is 18.4 Å². The van der Waals surface area contributed by atoms with Gasteiger partial charge in [-0.3, -0.25) is 0 Å².